The molecule has 1 fully saturated rings. The summed E-state index contributed by atoms with van der Waals surface area (Å²) in [5, 5.41) is 0. The first-order valence-electron chi connectivity index (χ1n) is 8.18. The van der Waals surface area contributed by atoms with E-state index in [-0.39, 0.29) is 18.2 Å². The summed E-state index contributed by atoms with van der Waals surface area (Å²) in [5.41, 5.74) is 2.34. The summed E-state index contributed by atoms with van der Waals surface area (Å²) < 4.78 is 11.2. The second-order valence-corrected chi connectivity index (χ2v) is 7.50. The molecule has 0 aromatic heterocycles. The number of carbonyl (C=O) groups excluding carboxylic acids is 1. The Labute approximate surface area is 134 Å². The molecule has 0 aromatic carbocycles. The van der Waals surface area contributed by atoms with E-state index in [1.165, 1.54) is 11.1 Å². The molecule has 2 bridgehead atoms. The molecule has 2 rings (SSSR count). The van der Waals surface area contributed by atoms with Gasteiger partial charge in [0.2, 0.25) is 0 Å². The fourth-order valence-electron chi connectivity index (χ4n) is 3.02. The van der Waals surface area contributed by atoms with E-state index >= 15 is 0 Å². The average molecular weight is 307 g/mol. The van der Waals surface area contributed by atoms with E-state index in [4.69, 9.17) is 9.47 Å². The van der Waals surface area contributed by atoms with Crippen LogP contribution in [-0.4, -0.2) is 41.9 Å². The summed E-state index contributed by atoms with van der Waals surface area (Å²) in [7, 11) is 0. The quantitative estimate of drug-likeness (QED) is 0.738. The highest BCUT2D eigenvalue weighted by atomic mass is 16.6. The van der Waals surface area contributed by atoms with Gasteiger partial charge in [0.15, 0.2) is 0 Å². The van der Waals surface area contributed by atoms with Crippen molar-refractivity contribution in [1.82, 2.24) is 4.90 Å². The Balaban J connectivity index is 2.05. The number of hydrogen-bond acceptors (Lipinski definition) is 3. The van der Waals surface area contributed by atoms with E-state index in [0.717, 1.165) is 19.3 Å². The first kappa shape index (κ1) is 17.1. The van der Waals surface area contributed by atoms with Crippen molar-refractivity contribution < 1.29 is 14.3 Å². The Morgan fingerprint density at radius 1 is 1.41 bits per heavy atom. The van der Waals surface area contributed by atoms with Crippen molar-refractivity contribution in [3.05, 3.63) is 23.3 Å². The van der Waals surface area contributed by atoms with Crippen LogP contribution in [0.15, 0.2) is 23.3 Å². The zero-order valence-electron chi connectivity index (χ0n) is 14.5. The van der Waals surface area contributed by atoms with Crippen molar-refractivity contribution in [2.45, 2.75) is 71.6 Å². The highest BCUT2D eigenvalue weighted by Crippen LogP contribution is 2.30. The molecule has 1 saturated heterocycles. The van der Waals surface area contributed by atoms with E-state index in [1.54, 1.807) is 0 Å². The van der Waals surface area contributed by atoms with E-state index in [2.05, 4.69) is 26.0 Å². The minimum Gasteiger partial charge on any atom is -0.444 e. The summed E-state index contributed by atoms with van der Waals surface area (Å²) in [5.74, 6) is 0. The Morgan fingerprint density at radius 3 is 2.73 bits per heavy atom. The molecule has 0 aliphatic carbocycles. The maximum atomic E-state index is 12.4. The first-order valence-corrected chi connectivity index (χ1v) is 8.18. The van der Waals surface area contributed by atoms with Crippen molar-refractivity contribution in [3.8, 4) is 0 Å². The molecule has 124 valence electrons. The van der Waals surface area contributed by atoms with Gasteiger partial charge in [-0.3, -0.25) is 4.90 Å². The van der Waals surface area contributed by atoms with Crippen LogP contribution in [-0.2, 0) is 9.47 Å². The van der Waals surface area contributed by atoms with Crippen molar-refractivity contribution in [1.29, 1.82) is 0 Å². The fourth-order valence-corrected chi connectivity index (χ4v) is 3.02. The largest absolute Gasteiger partial charge is 0.444 e. The third-order valence-electron chi connectivity index (χ3n) is 3.90. The van der Waals surface area contributed by atoms with Crippen LogP contribution in [0.25, 0.3) is 0 Å². The summed E-state index contributed by atoms with van der Waals surface area (Å²) in [6.07, 6.45) is 7.30. The normalized spacial score (nSPS) is 24.6. The molecule has 2 aliphatic heterocycles. The minimum atomic E-state index is -0.459. The molecule has 2 aliphatic rings. The Bertz CT molecular complexity index is 469. The predicted octanol–water partition coefficient (Wildman–Crippen LogP) is 4.07. The molecule has 2 atom stereocenters. The van der Waals surface area contributed by atoms with Crippen LogP contribution in [0.3, 0.4) is 0 Å². The monoisotopic (exact) mass is 307 g/mol. The van der Waals surface area contributed by atoms with Gasteiger partial charge in [-0.1, -0.05) is 23.3 Å². The second-order valence-electron chi connectivity index (χ2n) is 7.50. The standard InChI is InChI=1S/C18H29NO3/c1-13(2)7-6-8-14-9-15-11-21-12-16(10-14)19(15)17(20)22-18(3,4)5/h7,9,15-16H,6,8,10-12H2,1-5H3. The summed E-state index contributed by atoms with van der Waals surface area (Å²) in [6.45, 7) is 11.1. The molecule has 22 heavy (non-hydrogen) atoms. The molecule has 0 radical (unpaired) electrons. The van der Waals surface area contributed by atoms with E-state index < -0.39 is 5.60 Å². The van der Waals surface area contributed by atoms with Gasteiger partial charge in [-0.25, -0.2) is 4.79 Å². The lowest BCUT2D eigenvalue weighted by molar-refractivity contribution is -0.0537. The molecular formula is C18H29NO3. The molecule has 0 N–H and O–H groups in total. The van der Waals surface area contributed by atoms with Gasteiger partial charge >= 0.3 is 6.09 Å². The predicted molar refractivity (Wildman–Crippen MR) is 87.8 cm³/mol. The number of nitrogens with zero attached hydrogens (tertiary/aromatic N) is 1. The third kappa shape index (κ3) is 4.60. The minimum absolute atomic E-state index is 0.0176. The first-order chi connectivity index (χ1) is 10.3. The third-order valence-corrected chi connectivity index (χ3v) is 3.90. The van der Waals surface area contributed by atoms with Gasteiger partial charge in [0.05, 0.1) is 25.3 Å². The number of amides is 1. The smallest absolute Gasteiger partial charge is 0.411 e. The van der Waals surface area contributed by atoms with Crippen LogP contribution in [0.5, 0.6) is 0 Å². The fraction of sp³-hybridized carbons (Fsp3) is 0.722. The number of carbonyl (C=O) groups is 1. The van der Waals surface area contributed by atoms with Gasteiger partial charge in [0.1, 0.15) is 5.60 Å². The topological polar surface area (TPSA) is 38.8 Å². The Kier molecular flexibility index (Phi) is 5.32. The number of hydrogen-bond donors (Lipinski definition) is 0. The van der Waals surface area contributed by atoms with Gasteiger partial charge < -0.3 is 9.47 Å². The highest BCUT2D eigenvalue weighted by molar-refractivity contribution is 5.70. The van der Waals surface area contributed by atoms with Crippen molar-refractivity contribution in [2.24, 2.45) is 0 Å². The zero-order valence-corrected chi connectivity index (χ0v) is 14.5. The summed E-state index contributed by atoms with van der Waals surface area (Å²) in [6, 6.07) is 0.129. The van der Waals surface area contributed by atoms with Crippen LogP contribution in [0.2, 0.25) is 0 Å². The van der Waals surface area contributed by atoms with E-state index in [0.29, 0.717) is 13.2 Å². The van der Waals surface area contributed by atoms with Crippen LogP contribution >= 0.6 is 0 Å². The number of ether oxygens (including phenoxy) is 2. The number of allylic oxidation sites excluding steroid dienone is 2. The van der Waals surface area contributed by atoms with Gasteiger partial charge in [-0.05, 0) is 53.9 Å². The maximum absolute atomic E-state index is 12.4. The molecule has 0 saturated carbocycles. The number of fused-ring (bicyclic) bond motifs is 2. The molecule has 4 nitrogen and oxygen atoms in total. The average Bonchev–Trinajstić information content (AvgIpc) is 2.34. The summed E-state index contributed by atoms with van der Waals surface area (Å²) >= 11 is 0. The molecule has 1 amide bonds. The SMILES string of the molecule is CC(C)=CCCC1=CC2COCC(C1)N2C(=O)OC(C)(C)C. The Morgan fingerprint density at radius 2 is 2.14 bits per heavy atom. The highest BCUT2D eigenvalue weighted by Gasteiger charge is 2.39. The van der Waals surface area contributed by atoms with Crippen molar-refractivity contribution in [2.75, 3.05) is 13.2 Å². The van der Waals surface area contributed by atoms with Crippen LogP contribution in [0.1, 0.15) is 53.9 Å². The van der Waals surface area contributed by atoms with Crippen LogP contribution < -0.4 is 0 Å². The Hall–Kier alpha value is -1.29. The van der Waals surface area contributed by atoms with Gasteiger partial charge in [-0.2, -0.15) is 0 Å². The maximum Gasteiger partial charge on any atom is 0.411 e. The lowest BCUT2D eigenvalue weighted by atomic mass is 9.91. The molecule has 2 heterocycles. The van der Waals surface area contributed by atoms with Gasteiger partial charge in [0, 0.05) is 0 Å². The lowest BCUT2D eigenvalue weighted by Crippen LogP contribution is -2.57. The van der Waals surface area contributed by atoms with Crippen LogP contribution in [0.4, 0.5) is 4.79 Å². The number of morpholine rings is 1. The molecule has 0 aromatic rings. The zero-order chi connectivity index (χ0) is 16.3. The van der Waals surface area contributed by atoms with Crippen LogP contribution in [0, 0.1) is 0 Å². The number of rotatable bonds is 3. The lowest BCUT2D eigenvalue weighted by Gasteiger charge is -2.44. The molecular weight excluding hydrogens is 278 g/mol. The van der Waals surface area contributed by atoms with E-state index in [1.807, 2.05) is 25.7 Å². The molecule has 4 heteroatoms. The molecule has 0 spiro atoms. The molecule has 2 unspecified atom stereocenters. The van der Waals surface area contributed by atoms with Crippen molar-refractivity contribution in [3.63, 3.8) is 0 Å². The van der Waals surface area contributed by atoms with Gasteiger partial charge in [-0.15, -0.1) is 0 Å². The van der Waals surface area contributed by atoms with Crippen molar-refractivity contribution >= 4 is 6.09 Å². The van der Waals surface area contributed by atoms with E-state index in [9.17, 15) is 4.79 Å². The summed E-state index contributed by atoms with van der Waals surface area (Å²) in [4.78, 5) is 14.3. The van der Waals surface area contributed by atoms with Gasteiger partial charge in [0.25, 0.3) is 0 Å². The second kappa shape index (κ2) is 6.86.